The van der Waals surface area contributed by atoms with E-state index in [0.717, 1.165) is 152 Å². The van der Waals surface area contributed by atoms with Crippen molar-refractivity contribution in [3.8, 4) is 0 Å². The third kappa shape index (κ3) is 24.2. The lowest BCUT2D eigenvalue weighted by Crippen LogP contribution is -2.50. The first kappa shape index (κ1) is 63.7. The second-order valence-electron chi connectivity index (χ2n) is 24.3. The third-order valence-corrected chi connectivity index (χ3v) is 18.2. The first-order chi connectivity index (χ1) is 35.5. The van der Waals surface area contributed by atoms with Crippen LogP contribution in [-0.2, 0) is 14.3 Å². The number of nitrogens with two attached hydrogens (primary N) is 1. The zero-order valence-electron chi connectivity index (χ0n) is 48.7. The summed E-state index contributed by atoms with van der Waals surface area (Å²) in [5.74, 6) is 6.23. The summed E-state index contributed by atoms with van der Waals surface area (Å²) in [6.07, 6.45) is 31.9. The molecular weight excluding hydrogens is 909 g/mol. The number of allylic oxidation sites excluding steroid dienone is 1. The van der Waals surface area contributed by atoms with Gasteiger partial charge in [0.05, 0.1) is 6.61 Å². The van der Waals surface area contributed by atoms with Crippen molar-refractivity contribution in [2.24, 2.45) is 52.6 Å². The number of rotatable bonds is 43. The number of hydrogen-bond acceptors (Lipinski definition) is 10. The van der Waals surface area contributed by atoms with Crippen molar-refractivity contribution in [3.63, 3.8) is 0 Å². The molecule has 8 unspecified atom stereocenters. The Kier molecular flexibility index (Phi) is 33.1. The van der Waals surface area contributed by atoms with Crippen LogP contribution in [0.15, 0.2) is 11.6 Å². The maximum Gasteiger partial charge on any atom is 0.407 e. The van der Waals surface area contributed by atoms with E-state index >= 15 is 0 Å². The average Bonchev–Trinajstić information content (AvgIpc) is 3.81. The SMILES string of the molecule is CCCCNCCN(CCCCCNCCN(CCN)CCCCCCCCN(CCC)CCNC(=O)CCOC)CCNC(=O)OC1CCC2(C)C(=CCC3C4CCC(CCCCC(C)C)C4C(C)CC32)C1. The number of methoxy groups -OCH3 is 1. The van der Waals surface area contributed by atoms with E-state index in [1.807, 2.05) is 0 Å². The van der Waals surface area contributed by atoms with E-state index in [1.54, 1.807) is 12.7 Å². The Morgan fingerprint density at radius 1 is 0.712 bits per heavy atom. The van der Waals surface area contributed by atoms with Crippen LogP contribution in [-0.4, -0.2) is 151 Å². The van der Waals surface area contributed by atoms with Crippen molar-refractivity contribution < 1.29 is 19.1 Å². The summed E-state index contributed by atoms with van der Waals surface area (Å²) < 4.78 is 11.2. The van der Waals surface area contributed by atoms with Crippen LogP contribution in [0.3, 0.4) is 0 Å². The van der Waals surface area contributed by atoms with Crippen molar-refractivity contribution in [2.75, 3.05) is 118 Å². The summed E-state index contributed by atoms with van der Waals surface area (Å²) in [4.78, 5) is 32.7. The first-order valence-electron chi connectivity index (χ1n) is 31.2. The molecule has 12 nitrogen and oxygen atoms in total. The van der Waals surface area contributed by atoms with Gasteiger partial charge in [0.15, 0.2) is 0 Å². The summed E-state index contributed by atoms with van der Waals surface area (Å²) in [5, 5.41) is 13.5. The number of carbonyl (C=O) groups is 2. The number of fused-ring (bicyclic) bond motifs is 5. The van der Waals surface area contributed by atoms with Crippen LogP contribution in [0.25, 0.3) is 0 Å². The molecule has 8 atom stereocenters. The Morgan fingerprint density at radius 2 is 1.34 bits per heavy atom. The molecule has 0 aliphatic heterocycles. The quantitative estimate of drug-likeness (QED) is 0.0297. The number of ether oxygens (including phenoxy) is 2. The number of hydrogen-bond donors (Lipinski definition) is 5. The smallest absolute Gasteiger partial charge is 0.407 e. The van der Waals surface area contributed by atoms with Crippen LogP contribution < -0.4 is 27.0 Å². The maximum atomic E-state index is 13.3. The van der Waals surface area contributed by atoms with Crippen LogP contribution in [0.4, 0.5) is 4.79 Å². The van der Waals surface area contributed by atoms with Gasteiger partial charge >= 0.3 is 6.09 Å². The molecule has 0 aromatic rings. The van der Waals surface area contributed by atoms with E-state index in [1.165, 1.54) is 122 Å². The van der Waals surface area contributed by atoms with Crippen molar-refractivity contribution >= 4 is 12.0 Å². The van der Waals surface area contributed by atoms with E-state index in [-0.39, 0.29) is 23.5 Å². The van der Waals surface area contributed by atoms with E-state index in [0.29, 0.717) is 32.7 Å². The van der Waals surface area contributed by atoms with Crippen LogP contribution in [0, 0.1) is 46.8 Å². The summed E-state index contributed by atoms with van der Waals surface area (Å²) in [6.45, 7) is 30.3. The molecule has 0 spiro atoms. The molecule has 12 heteroatoms. The number of nitrogens with zero attached hydrogens (tertiary/aromatic N) is 3. The molecule has 0 radical (unpaired) electrons. The van der Waals surface area contributed by atoms with E-state index in [9.17, 15) is 9.59 Å². The lowest BCUT2D eigenvalue weighted by atomic mass is 9.48. The van der Waals surface area contributed by atoms with Gasteiger partial charge in [0, 0.05) is 85.4 Å². The molecule has 0 aromatic heterocycles. The van der Waals surface area contributed by atoms with Crippen molar-refractivity contribution in [1.82, 2.24) is 36.0 Å². The van der Waals surface area contributed by atoms with Crippen molar-refractivity contribution in [2.45, 2.75) is 202 Å². The normalized spacial score (nSPS) is 24.8. The molecule has 0 aromatic carbocycles. The summed E-state index contributed by atoms with van der Waals surface area (Å²) in [5.41, 5.74) is 7.89. The van der Waals surface area contributed by atoms with Crippen LogP contribution >= 0.6 is 0 Å². The predicted molar refractivity (Wildman–Crippen MR) is 307 cm³/mol. The maximum absolute atomic E-state index is 13.3. The van der Waals surface area contributed by atoms with Gasteiger partial charge < -0.3 is 51.2 Å². The highest BCUT2D eigenvalue weighted by Gasteiger charge is 2.56. The fourth-order valence-electron chi connectivity index (χ4n) is 14.1. The minimum atomic E-state index is -0.230. The monoisotopic (exact) mass is 1030 g/mol. The van der Waals surface area contributed by atoms with Gasteiger partial charge in [-0.25, -0.2) is 4.79 Å². The summed E-state index contributed by atoms with van der Waals surface area (Å²) in [7, 11) is 1.63. The number of nitrogens with one attached hydrogen (secondary N) is 4. The third-order valence-electron chi connectivity index (χ3n) is 18.2. The molecule has 3 fully saturated rings. The Bertz CT molecular complexity index is 1470. The number of alkyl carbamates (subject to hydrolysis) is 1. The molecule has 426 valence electrons. The second-order valence-corrected chi connectivity index (χ2v) is 24.3. The second kappa shape index (κ2) is 37.9. The van der Waals surface area contributed by atoms with E-state index < -0.39 is 0 Å². The Labute approximate surface area is 449 Å². The zero-order chi connectivity index (χ0) is 52.5. The van der Waals surface area contributed by atoms with Gasteiger partial charge in [0.2, 0.25) is 5.91 Å². The zero-order valence-corrected chi connectivity index (χ0v) is 48.7. The molecule has 0 heterocycles. The van der Waals surface area contributed by atoms with Gasteiger partial charge in [-0.1, -0.05) is 117 Å². The Balaban J connectivity index is 1.06. The molecule has 4 rings (SSSR count). The van der Waals surface area contributed by atoms with Gasteiger partial charge in [-0.3, -0.25) is 4.79 Å². The fourth-order valence-corrected chi connectivity index (χ4v) is 14.1. The first-order valence-corrected chi connectivity index (χ1v) is 31.2. The highest BCUT2D eigenvalue weighted by atomic mass is 16.6. The Morgan fingerprint density at radius 3 is 2.00 bits per heavy atom. The van der Waals surface area contributed by atoms with Gasteiger partial charge in [0.1, 0.15) is 6.10 Å². The van der Waals surface area contributed by atoms with E-state index in [4.69, 9.17) is 15.2 Å². The molecule has 0 bridgehead atoms. The highest BCUT2D eigenvalue weighted by Crippen LogP contribution is 2.64. The lowest BCUT2D eigenvalue weighted by Gasteiger charge is -2.57. The van der Waals surface area contributed by atoms with Gasteiger partial charge in [-0.05, 0) is 163 Å². The Hall–Kier alpha value is -1.80. The largest absolute Gasteiger partial charge is 0.446 e. The number of amides is 2. The van der Waals surface area contributed by atoms with Gasteiger partial charge in [-0.15, -0.1) is 0 Å². The molecule has 4 aliphatic rings. The minimum Gasteiger partial charge on any atom is -0.446 e. The summed E-state index contributed by atoms with van der Waals surface area (Å²) in [6, 6.07) is 0. The van der Waals surface area contributed by atoms with Crippen LogP contribution in [0.1, 0.15) is 196 Å². The molecule has 6 N–H and O–H groups in total. The van der Waals surface area contributed by atoms with E-state index in [2.05, 4.69) is 83.6 Å². The lowest BCUT2D eigenvalue weighted by molar-refractivity contribution is -0.122. The van der Waals surface area contributed by atoms with Crippen molar-refractivity contribution in [1.29, 1.82) is 0 Å². The molecule has 4 aliphatic carbocycles. The molecule has 0 saturated heterocycles. The molecule has 3 saturated carbocycles. The van der Waals surface area contributed by atoms with Crippen molar-refractivity contribution in [3.05, 3.63) is 11.6 Å². The molecule has 2 amide bonds. The van der Waals surface area contributed by atoms with Gasteiger partial charge in [-0.2, -0.15) is 0 Å². The predicted octanol–water partition coefficient (Wildman–Crippen LogP) is 10.7. The number of unbranched alkanes of at least 4 members (excludes halogenated alkanes) is 9. The summed E-state index contributed by atoms with van der Waals surface area (Å²) >= 11 is 0. The molecule has 73 heavy (non-hydrogen) atoms. The highest BCUT2D eigenvalue weighted by molar-refractivity contribution is 5.75. The van der Waals surface area contributed by atoms with Crippen LogP contribution in [0.2, 0.25) is 0 Å². The number of carbonyl (C=O) groups excluding carboxylic acids is 2. The van der Waals surface area contributed by atoms with Crippen LogP contribution in [0.5, 0.6) is 0 Å². The standard InChI is InChI=1S/C61H118N8O4/c1-8-10-32-63-35-44-69(41-21-15-18-33-64-34-43-68(42-31-62)40-20-14-12-11-13-19-39-67(38-9-2)45-36-65-58(70)29-47-72-7)46-37-66-60(71)73-54-28-30-61(6)53(49-54)25-27-55-56-26-24-52(23-17-16-22-50(3)4)59(56)51(5)48-57(55)61/h25,50-52,54-57,59,63-64H,8-24,26-49,62H2,1-7H3,(H,65,70)(H,66,71). The molecular formula is C61H118N8O4. The minimum absolute atomic E-state index is 0.00598. The average molecular weight is 1030 g/mol. The fraction of sp³-hybridized carbons (Fsp3) is 0.934. The van der Waals surface area contributed by atoms with Gasteiger partial charge in [0.25, 0.3) is 0 Å². The topological polar surface area (TPSA) is 136 Å².